The Morgan fingerprint density at radius 3 is 2.35 bits per heavy atom. The number of ketones is 1. The van der Waals surface area contributed by atoms with Crippen LogP contribution in [0.4, 0.5) is 0 Å². The number of benzene rings is 2. The monoisotopic (exact) mass is 444 g/mol. The lowest BCUT2D eigenvalue weighted by atomic mass is 9.94. The van der Waals surface area contributed by atoms with Gasteiger partial charge in [0.05, 0.1) is 25.8 Å². The molecule has 2 aromatic rings. The van der Waals surface area contributed by atoms with Gasteiger partial charge in [0.15, 0.2) is 0 Å². The second-order valence-corrected chi connectivity index (χ2v) is 7.85. The first-order valence-electron chi connectivity index (χ1n) is 9.69. The molecule has 1 N–H and O–H groups in total. The first-order chi connectivity index (χ1) is 14.8. The summed E-state index contributed by atoms with van der Waals surface area (Å²) in [5, 5.41) is 11.6. The van der Waals surface area contributed by atoms with E-state index in [0.29, 0.717) is 40.7 Å². The number of nitrogens with zero attached hydrogens (tertiary/aromatic N) is 2. The van der Waals surface area contributed by atoms with Gasteiger partial charge in [-0.05, 0) is 56.6 Å². The molecule has 0 saturated carbocycles. The average Bonchev–Trinajstić information content (AvgIpc) is 3.01. The van der Waals surface area contributed by atoms with Gasteiger partial charge in [-0.15, -0.1) is 0 Å². The van der Waals surface area contributed by atoms with Gasteiger partial charge in [-0.3, -0.25) is 9.59 Å². The molecule has 0 aromatic heterocycles. The van der Waals surface area contributed by atoms with E-state index in [1.807, 2.05) is 19.0 Å². The van der Waals surface area contributed by atoms with Crippen molar-refractivity contribution >= 4 is 29.1 Å². The number of ether oxygens (including phenoxy) is 2. The van der Waals surface area contributed by atoms with Crippen LogP contribution in [-0.4, -0.2) is 68.0 Å². The highest BCUT2D eigenvalue weighted by atomic mass is 35.5. The Morgan fingerprint density at radius 2 is 1.77 bits per heavy atom. The van der Waals surface area contributed by atoms with Gasteiger partial charge >= 0.3 is 0 Å². The topological polar surface area (TPSA) is 79.3 Å². The molecule has 7 nitrogen and oxygen atoms in total. The average molecular weight is 445 g/mol. The summed E-state index contributed by atoms with van der Waals surface area (Å²) in [5.74, 6) is -0.671. The van der Waals surface area contributed by atoms with E-state index in [4.69, 9.17) is 21.1 Å². The Bertz CT molecular complexity index is 1020. The maximum absolute atomic E-state index is 13.1. The van der Waals surface area contributed by atoms with Crippen molar-refractivity contribution in [1.82, 2.24) is 9.80 Å². The molecular weight excluding hydrogens is 420 g/mol. The molecule has 1 saturated heterocycles. The number of likely N-dealkylation sites (N-methyl/N-ethyl adjacent to an activating group) is 1. The molecule has 1 aliphatic rings. The highest BCUT2D eigenvalue weighted by molar-refractivity contribution is 6.46. The number of carbonyl (C=O) groups excluding carboxylic acids is 2. The summed E-state index contributed by atoms with van der Waals surface area (Å²) in [6.07, 6.45) is 0. The molecule has 0 aliphatic carbocycles. The number of amides is 1. The van der Waals surface area contributed by atoms with E-state index in [9.17, 15) is 14.7 Å². The van der Waals surface area contributed by atoms with Crippen LogP contribution >= 0.6 is 11.6 Å². The van der Waals surface area contributed by atoms with Crippen LogP contribution in [0.1, 0.15) is 17.2 Å². The van der Waals surface area contributed by atoms with Crippen molar-refractivity contribution in [2.45, 2.75) is 6.04 Å². The third-order valence-electron chi connectivity index (χ3n) is 5.18. The fraction of sp³-hybridized carbons (Fsp3) is 0.304. The van der Waals surface area contributed by atoms with Crippen LogP contribution in [0, 0.1) is 0 Å². The Morgan fingerprint density at radius 1 is 1.10 bits per heavy atom. The zero-order valence-electron chi connectivity index (χ0n) is 17.9. The molecule has 31 heavy (non-hydrogen) atoms. The Hall–Kier alpha value is -3.03. The zero-order valence-corrected chi connectivity index (χ0v) is 18.6. The predicted molar refractivity (Wildman–Crippen MR) is 119 cm³/mol. The molecule has 0 radical (unpaired) electrons. The molecule has 3 rings (SSSR count). The van der Waals surface area contributed by atoms with Crippen LogP contribution < -0.4 is 9.47 Å². The number of rotatable bonds is 7. The van der Waals surface area contributed by atoms with E-state index >= 15 is 0 Å². The second kappa shape index (κ2) is 9.41. The minimum absolute atomic E-state index is 0.00219. The van der Waals surface area contributed by atoms with Crippen LogP contribution in [-0.2, 0) is 9.59 Å². The maximum Gasteiger partial charge on any atom is 0.295 e. The van der Waals surface area contributed by atoms with E-state index in [2.05, 4.69) is 0 Å². The molecule has 1 atom stereocenters. The first-order valence-corrected chi connectivity index (χ1v) is 10.1. The molecular formula is C23H25ClN2O5. The van der Waals surface area contributed by atoms with Gasteiger partial charge in [0, 0.05) is 29.2 Å². The fourth-order valence-corrected chi connectivity index (χ4v) is 3.68. The number of halogens is 1. The SMILES string of the molecule is COc1ccc(OC)c([C@H]2/C(=C(\O)c3ccc(Cl)cc3)C(=O)C(=O)N2CCN(C)C)c1. The summed E-state index contributed by atoms with van der Waals surface area (Å²) >= 11 is 5.96. The van der Waals surface area contributed by atoms with Crippen LogP contribution in [0.25, 0.3) is 5.76 Å². The summed E-state index contributed by atoms with van der Waals surface area (Å²) in [6.45, 7) is 0.830. The molecule has 2 aromatic carbocycles. The largest absolute Gasteiger partial charge is 0.507 e. The van der Waals surface area contributed by atoms with E-state index < -0.39 is 17.7 Å². The number of aliphatic hydroxyl groups excluding tert-OH is 1. The number of hydrogen-bond acceptors (Lipinski definition) is 6. The normalized spacial score (nSPS) is 18.0. The fourth-order valence-electron chi connectivity index (χ4n) is 3.56. The third kappa shape index (κ3) is 4.52. The van der Waals surface area contributed by atoms with E-state index in [-0.39, 0.29) is 11.3 Å². The number of carbonyl (C=O) groups is 2. The van der Waals surface area contributed by atoms with Crippen LogP contribution in [0.15, 0.2) is 48.0 Å². The number of hydrogen-bond donors (Lipinski definition) is 1. The molecule has 0 unspecified atom stereocenters. The summed E-state index contributed by atoms with van der Waals surface area (Å²) in [4.78, 5) is 29.4. The summed E-state index contributed by atoms with van der Waals surface area (Å²) in [7, 11) is 6.80. The summed E-state index contributed by atoms with van der Waals surface area (Å²) < 4.78 is 10.9. The molecule has 0 spiro atoms. The van der Waals surface area contributed by atoms with E-state index in [0.717, 1.165) is 0 Å². The second-order valence-electron chi connectivity index (χ2n) is 7.41. The Kier molecular flexibility index (Phi) is 6.87. The van der Waals surface area contributed by atoms with Gasteiger partial charge < -0.3 is 24.4 Å². The molecule has 8 heteroatoms. The van der Waals surface area contributed by atoms with E-state index in [1.165, 1.54) is 19.1 Å². The minimum Gasteiger partial charge on any atom is -0.507 e. The lowest BCUT2D eigenvalue weighted by molar-refractivity contribution is -0.140. The third-order valence-corrected chi connectivity index (χ3v) is 5.43. The van der Waals surface area contributed by atoms with Crippen LogP contribution in [0.3, 0.4) is 0 Å². The summed E-state index contributed by atoms with van der Waals surface area (Å²) in [6, 6.07) is 10.7. The smallest absolute Gasteiger partial charge is 0.295 e. The highest BCUT2D eigenvalue weighted by Gasteiger charge is 2.47. The van der Waals surface area contributed by atoms with E-state index in [1.54, 1.807) is 42.5 Å². The van der Waals surface area contributed by atoms with Gasteiger partial charge in [0.1, 0.15) is 17.3 Å². The molecule has 0 bridgehead atoms. The van der Waals surface area contributed by atoms with Crippen molar-refractivity contribution in [3.63, 3.8) is 0 Å². The molecule has 1 fully saturated rings. The van der Waals surface area contributed by atoms with Crippen LogP contribution in [0.2, 0.25) is 5.02 Å². The van der Waals surface area contributed by atoms with Gasteiger partial charge in [0.25, 0.3) is 11.7 Å². The zero-order chi connectivity index (χ0) is 22.7. The Balaban J connectivity index is 2.23. The standard InChI is InChI=1S/C23H25ClN2O5/c1-25(2)11-12-26-20(17-13-16(30-3)9-10-18(17)31-4)19(22(28)23(26)29)21(27)14-5-7-15(24)8-6-14/h5-10,13,20,27H,11-12H2,1-4H3/b21-19+/t20-/m0/s1. The molecule has 1 aliphatic heterocycles. The number of aliphatic hydroxyl groups is 1. The molecule has 1 heterocycles. The van der Waals surface area contributed by atoms with Gasteiger partial charge in [-0.25, -0.2) is 0 Å². The maximum atomic E-state index is 13.1. The van der Waals surface area contributed by atoms with Crippen molar-refractivity contribution in [2.75, 3.05) is 41.4 Å². The first kappa shape index (κ1) is 22.7. The lowest BCUT2D eigenvalue weighted by Gasteiger charge is -2.28. The van der Waals surface area contributed by atoms with Gasteiger partial charge in [0.2, 0.25) is 0 Å². The Labute approximate surface area is 186 Å². The minimum atomic E-state index is -0.833. The van der Waals surface area contributed by atoms with Crippen LogP contribution in [0.5, 0.6) is 11.5 Å². The highest BCUT2D eigenvalue weighted by Crippen LogP contribution is 2.43. The van der Waals surface area contributed by atoms with Crippen molar-refractivity contribution < 1.29 is 24.2 Å². The number of likely N-dealkylation sites (tertiary alicyclic amines) is 1. The van der Waals surface area contributed by atoms with Crippen molar-refractivity contribution in [1.29, 1.82) is 0 Å². The number of methoxy groups -OCH3 is 2. The van der Waals surface area contributed by atoms with Gasteiger partial charge in [-0.2, -0.15) is 0 Å². The predicted octanol–water partition coefficient (Wildman–Crippen LogP) is 3.34. The summed E-state index contributed by atoms with van der Waals surface area (Å²) in [5.41, 5.74) is 0.940. The molecule has 1 amide bonds. The quantitative estimate of drug-likeness (QED) is 0.401. The molecule has 164 valence electrons. The van der Waals surface area contributed by atoms with Gasteiger partial charge in [-0.1, -0.05) is 11.6 Å². The van der Waals surface area contributed by atoms with Crippen molar-refractivity contribution in [3.8, 4) is 11.5 Å². The van der Waals surface area contributed by atoms with Crippen molar-refractivity contribution in [3.05, 3.63) is 64.2 Å². The van der Waals surface area contributed by atoms with Crippen molar-refractivity contribution in [2.24, 2.45) is 0 Å². The lowest BCUT2D eigenvalue weighted by Crippen LogP contribution is -2.35. The number of Topliss-reactive ketones (excluding diaryl/α,β-unsaturated/α-hetero) is 1.